The Labute approximate surface area is 108 Å². The average Bonchev–Trinajstić information content (AvgIpc) is 2.36. The van der Waals surface area contributed by atoms with Crippen LogP contribution < -0.4 is 0 Å². The van der Waals surface area contributed by atoms with E-state index in [-0.39, 0.29) is 6.61 Å². The molecule has 0 aromatic carbocycles. The predicted octanol–water partition coefficient (Wildman–Crippen LogP) is 2.00. The SMILES string of the molecule is C=CCOC(=O)/C=C\C(=O)OC=C.CCOCC. The lowest BCUT2D eigenvalue weighted by Gasteiger charge is -1.94. The van der Waals surface area contributed by atoms with E-state index in [1.165, 1.54) is 6.08 Å². The molecule has 0 atom stereocenters. The number of esters is 2. The summed E-state index contributed by atoms with van der Waals surface area (Å²) in [5.74, 6) is -1.30. The minimum Gasteiger partial charge on any atom is -0.458 e. The molecular weight excluding hydrogens is 236 g/mol. The van der Waals surface area contributed by atoms with Crippen molar-refractivity contribution >= 4 is 11.9 Å². The second-order valence-electron chi connectivity index (χ2n) is 2.64. The predicted molar refractivity (Wildman–Crippen MR) is 68.8 cm³/mol. The second kappa shape index (κ2) is 15.1. The summed E-state index contributed by atoms with van der Waals surface area (Å²) in [7, 11) is 0. The van der Waals surface area contributed by atoms with Crippen LogP contribution in [-0.2, 0) is 23.8 Å². The average molecular weight is 256 g/mol. The van der Waals surface area contributed by atoms with Gasteiger partial charge in [-0.1, -0.05) is 19.2 Å². The van der Waals surface area contributed by atoms with Crippen molar-refractivity contribution in [3.63, 3.8) is 0 Å². The molecule has 0 saturated carbocycles. The van der Waals surface area contributed by atoms with Gasteiger partial charge < -0.3 is 14.2 Å². The topological polar surface area (TPSA) is 61.8 Å². The highest BCUT2D eigenvalue weighted by atomic mass is 16.5. The monoisotopic (exact) mass is 256 g/mol. The van der Waals surface area contributed by atoms with E-state index >= 15 is 0 Å². The molecule has 5 nitrogen and oxygen atoms in total. The van der Waals surface area contributed by atoms with Crippen LogP contribution in [0.2, 0.25) is 0 Å². The van der Waals surface area contributed by atoms with Crippen molar-refractivity contribution in [1.29, 1.82) is 0 Å². The van der Waals surface area contributed by atoms with Gasteiger partial charge in [-0.2, -0.15) is 0 Å². The smallest absolute Gasteiger partial charge is 0.335 e. The van der Waals surface area contributed by atoms with Crippen LogP contribution in [0, 0.1) is 0 Å². The molecule has 0 aromatic rings. The summed E-state index contributed by atoms with van der Waals surface area (Å²) in [6.07, 6.45) is 4.32. The van der Waals surface area contributed by atoms with E-state index < -0.39 is 11.9 Å². The highest BCUT2D eigenvalue weighted by Crippen LogP contribution is 1.85. The zero-order chi connectivity index (χ0) is 14.2. The van der Waals surface area contributed by atoms with Crippen LogP contribution in [0.5, 0.6) is 0 Å². The second-order valence-corrected chi connectivity index (χ2v) is 2.64. The minimum absolute atomic E-state index is 0.111. The number of carbonyl (C=O) groups is 2. The van der Waals surface area contributed by atoms with Crippen molar-refractivity contribution in [1.82, 2.24) is 0 Å². The Balaban J connectivity index is 0. The Bertz CT molecular complexity index is 279. The first-order valence-electron chi connectivity index (χ1n) is 5.47. The summed E-state index contributed by atoms with van der Waals surface area (Å²) in [6, 6.07) is 0. The minimum atomic E-state index is -0.675. The van der Waals surface area contributed by atoms with Crippen LogP contribution >= 0.6 is 0 Å². The van der Waals surface area contributed by atoms with Crippen molar-refractivity contribution in [2.75, 3.05) is 19.8 Å². The van der Waals surface area contributed by atoms with E-state index in [4.69, 9.17) is 4.74 Å². The van der Waals surface area contributed by atoms with Gasteiger partial charge in [-0.15, -0.1) is 0 Å². The fraction of sp³-hybridized carbons (Fsp3) is 0.385. The summed E-state index contributed by atoms with van der Waals surface area (Å²) in [6.45, 7) is 12.3. The van der Waals surface area contributed by atoms with E-state index in [2.05, 4.69) is 22.6 Å². The number of ether oxygens (including phenoxy) is 3. The van der Waals surface area contributed by atoms with Crippen molar-refractivity contribution < 1.29 is 23.8 Å². The lowest BCUT2D eigenvalue weighted by molar-refractivity contribution is -0.137. The molecule has 0 aromatic heterocycles. The lowest BCUT2D eigenvalue weighted by Crippen LogP contribution is -2.02. The molecule has 0 N–H and O–H groups in total. The van der Waals surface area contributed by atoms with Gasteiger partial charge in [0, 0.05) is 25.4 Å². The largest absolute Gasteiger partial charge is 0.458 e. The molecule has 5 heteroatoms. The van der Waals surface area contributed by atoms with Gasteiger partial charge in [-0.25, -0.2) is 9.59 Å². The normalized spacial score (nSPS) is 9.00. The Hall–Kier alpha value is -1.88. The zero-order valence-electron chi connectivity index (χ0n) is 10.9. The molecule has 102 valence electrons. The van der Waals surface area contributed by atoms with Crippen LogP contribution in [-0.4, -0.2) is 31.8 Å². The molecule has 0 unspecified atom stereocenters. The zero-order valence-corrected chi connectivity index (χ0v) is 10.9. The summed E-state index contributed by atoms with van der Waals surface area (Å²) in [4.78, 5) is 21.3. The van der Waals surface area contributed by atoms with Crippen LogP contribution in [0.4, 0.5) is 0 Å². The third-order valence-corrected chi connectivity index (χ3v) is 1.31. The molecule has 0 bridgehead atoms. The Morgan fingerprint density at radius 1 is 1.06 bits per heavy atom. The third-order valence-electron chi connectivity index (χ3n) is 1.31. The van der Waals surface area contributed by atoms with Gasteiger partial charge in [-0.05, 0) is 13.8 Å². The van der Waals surface area contributed by atoms with Crippen LogP contribution in [0.25, 0.3) is 0 Å². The summed E-state index contributed by atoms with van der Waals surface area (Å²) >= 11 is 0. The number of rotatable bonds is 7. The fourth-order valence-corrected chi connectivity index (χ4v) is 0.651. The third kappa shape index (κ3) is 16.5. The molecule has 0 spiro atoms. The van der Waals surface area contributed by atoms with Gasteiger partial charge in [0.2, 0.25) is 0 Å². The van der Waals surface area contributed by atoms with Crippen LogP contribution in [0.1, 0.15) is 13.8 Å². The first-order chi connectivity index (χ1) is 8.62. The first-order valence-corrected chi connectivity index (χ1v) is 5.47. The van der Waals surface area contributed by atoms with Crippen molar-refractivity contribution in [2.24, 2.45) is 0 Å². The lowest BCUT2D eigenvalue weighted by atomic mass is 10.5. The maximum absolute atomic E-state index is 10.7. The molecule has 0 fully saturated rings. The fourth-order valence-electron chi connectivity index (χ4n) is 0.651. The van der Waals surface area contributed by atoms with E-state index in [0.29, 0.717) is 0 Å². The van der Waals surface area contributed by atoms with E-state index in [9.17, 15) is 9.59 Å². The van der Waals surface area contributed by atoms with Crippen LogP contribution in [0.3, 0.4) is 0 Å². The molecular formula is C13H20O5. The molecule has 0 radical (unpaired) electrons. The standard InChI is InChI=1S/C9H10O4.C4H10O/c1-3-7-13-9(11)6-5-8(10)12-4-2;1-3-5-4-2/h3-6H,1-2,7H2;3-4H2,1-2H3/b6-5-;. The van der Waals surface area contributed by atoms with Crippen LogP contribution in [0.15, 0.2) is 37.6 Å². The summed E-state index contributed by atoms with van der Waals surface area (Å²) in [5, 5.41) is 0. The highest BCUT2D eigenvalue weighted by molar-refractivity contribution is 5.91. The van der Waals surface area contributed by atoms with Gasteiger partial charge in [0.1, 0.15) is 6.61 Å². The molecule has 0 aliphatic heterocycles. The Morgan fingerprint density at radius 3 is 2.00 bits per heavy atom. The van der Waals surface area contributed by atoms with Gasteiger partial charge in [0.25, 0.3) is 0 Å². The van der Waals surface area contributed by atoms with Crippen molar-refractivity contribution in [3.05, 3.63) is 37.6 Å². The van der Waals surface area contributed by atoms with E-state index in [0.717, 1.165) is 31.6 Å². The Morgan fingerprint density at radius 2 is 1.61 bits per heavy atom. The maximum atomic E-state index is 10.7. The molecule has 18 heavy (non-hydrogen) atoms. The van der Waals surface area contributed by atoms with Gasteiger partial charge in [0.15, 0.2) is 0 Å². The van der Waals surface area contributed by atoms with Gasteiger partial charge in [-0.3, -0.25) is 0 Å². The molecule has 0 rings (SSSR count). The molecule has 0 aliphatic carbocycles. The molecule has 0 heterocycles. The van der Waals surface area contributed by atoms with E-state index in [1.54, 1.807) is 0 Å². The maximum Gasteiger partial charge on any atom is 0.335 e. The van der Waals surface area contributed by atoms with E-state index in [1.807, 2.05) is 13.8 Å². The first kappa shape index (κ1) is 18.5. The van der Waals surface area contributed by atoms with Crippen molar-refractivity contribution in [3.8, 4) is 0 Å². The number of hydrogen-bond acceptors (Lipinski definition) is 5. The van der Waals surface area contributed by atoms with Gasteiger partial charge >= 0.3 is 11.9 Å². The Kier molecular flexibility index (Phi) is 15.5. The molecule has 0 aliphatic rings. The quantitative estimate of drug-likeness (QED) is 0.302. The number of hydrogen-bond donors (Lipinski definition) is 0. The molecule has 0 saturated heterocycles. The number of carbonyl (C=O) groups excluding carboxylic acids is 2. The summed E-state index contributed by atoms with van der Waals surface area (Å²) in [5.41, 5.74) is 0. The van der Waals surface area contributed by atoms with Gasteiger partial charge in [0.05, 0.1) is 6.26 Å². The highest BCUT2D eigenvalue weighted by Gasteiger charge is 1.97. The molecule has 0 amide bonds. The van der Waals surface area contributed by atoms with Crippen molar-refractivity contribution in [2.45, 2.75) is 13.8 Å². The summed E-state index contributed by atoms with van der Waals surface area (Å²) < 4.78 is 13.7.